The molecule has 0 spiro atoms. The molecule has 3 aromatic rings. The topological polar surface area (TPSA) is 75.9 Å². The summed E-state index contributed by atoms with van der Waals surface area (Å²) < 4.78 is 7.06. The first-order valence-corrected chi connectivity index (χ1v) is 10.8. The molecule has 1 N–H and O–H groups in total. The molecule has 1 aliphatic rings. The van der Waals surface area contributed by atoms with E-state index in [0.717, 1.165) is 41.3 Å². The molecule has 0 saturated carbocycles. The number of benzene rings is 1. The molecule has 1 saturated heterocycles. The van der Waals surface area contributed by atoms with E-state index in [2.05, 4.69) is 23.1 Å². The molecular formula is C25H29ClN4O3. The average Bonchev–Trinajstić information content (AvgIpc) is 3.15. The highest BCUT2D eigenvalue weighted by atomic mass is 35.5. The van der Waals surface area contributed by atoms with Gasteiger partial charge in [-0.3, -0.25) is 9.59 Å². The predicted octanol–water partition coefficient (Wildman–Crippen LogP) is 3.75. The lowest BCUT2D eigenvalue weighted by molar-refractivity contribution is -0.132. The smallest absolute Gasteiger partial charge is 0.251 e. The molecule has 2 amide bonds. The van der Waals surface area contributed by atoms with Crippen LogP contribution in [0.1, 0.15) is 28.5 Å². The van der Waals surface area contributed by atoms with Gasteiger partial charge >= 0.3 is 0 Å². The Labute approximate surface area is 199 Å². The van der Waals surface area contributed by atoms with E-state index in [1.54, 1.807) is 18.9 Å². The number of aromatic nitrogens is 2. The number of aryl methyl sites for hydroxylation is 2. The van der Waals surface area contributed by atoms with Crippen LogP contribution >= 0.6 is 11.6 Å². The zero-order valence-corrected chi connectivity index (χ0v) is 20.1. The third-order valence-electron chi connectivity index (χ3n) is 5.25. The maximum Gasteiger partial charge on any atom is 0.251 e. The molecule has 1 aliphatic heterocycles. The Morgan fingerprint density at radius 3 is 2.33 bits per heavy atom. The molecule has 174 valence electrons. The number of terminal acetylenes is 1. The van der Waals surface area contributed by atoms with Crippen LogP contribution in [0.3, 0.4) is 0 Å². The van der Waals surface area contributed by atoms with Crippen molar-refractivity contribution in [2.75, 3.05) is 33.4 Å². The van der Waals surface area contributed by atoms with E-state index in [1.165, 1.54) is 0 Å². The lowest BCUT2D eigenvalue weighted by Crippen LogP contribution is -2.39. The number of ether oxygens (including phenoxy) is 1. The summed E-state index contributed by atoms with van der Waals surface area (Å²) in [5.74, 6) is 0.0615. The van der Waals surface area contributed by atoms with Crippen LogP contribution < -0.4 is 5.32 Å². The molecule has 4 rings (SSSR count). The standard InChI is InChI=1S/C17H16ClN3O.C6H11NO2.C2H2/c1-10-8-12(17(22)19-3)4-5-14(10)16-11(2)21-7-6-13(18)9-15(21)20-16;1-6(8)7-2-4-9-5-3-7;1-2/h4-9H,1-3H3,(H,19,22);2-5H2,1H3;1-2H. The number of hydrogen-bond donors (Lipinski definition) is 1. The van der Waals surface area contributed by atoms with E-state index < -0.39 is 0 Å². The molecule has 0 radical (unpaired) electrons. The maximum absolute atomic E-state index is 11.7. The maximum atomic E-state index is 11.7. The van der Waals surface area contributed by atoms with Gasteiger partial charge in [0.2, 0.25) is 5.91 Å². The fourth-order valence-corrected chi connectivity index (χ4v) is 3.64. The number of amides is 2. The number of carbonyl (C=O) groups is 2. The fraction of sp³-hybridized carbons (Fsp3) is 0.320. The van der Waals surface area contributed by atoms with E-state index in [1.807, 2.05) is 54.8 Å². The number of hydrogen-bond acceptors (Lipinski definition) is 4. The largest absolute Gasteiger partial charge is 0.378 e. The van der Waals surface area contributed by atoms with Crippen molar-refractivity contribution in [3.05, 3.63) is 58.4 Å². The lowest BCUT2D eigenvalue weighted by atomic mass is 10.0. The molecule has 8 heteroatoms. The van der Waals surface area contributed by atoms with Crippen molar-refractivity contribution in [2.45, 2.75) is 20.8 Å². The van der Waals surface area contributed by atoms with Crippen LogP contribution in [0.4, 0.5) is 0 Å². The third-order valence-corrected chi connectivity index (χ3v) is 5.49. The normalized spacial score (nSPS) is 12.8. The summed E-state index contributed by atoms with van der Waals surface area (Å²) in [6.07, 6.45) is 9.91. The minimum atomic E-state index is -0.0897. The van der Waals surface area contributed by atoms with E-state index in [0.29, 0.717) is 23.8 Å². The molecule has 0 unspecified atom stereocenters. The molecule has 2 aromatic heterocycles. The van der Waals surface area contributed by atoms with Gasteiger partial charge in [0.1, 0.15) is 5.65 Å². The van der Waals surface area contributed by atoms with Gasteiger partial charge in [0, 0.05) is 61.2 Å². The molecule has 1 fully saturated rings. The number of nitrogens with one attached hydrogen (secondary N) is 1. The lowest BCUT2D eigenvalue weighted by Gasteiger charge is -2.25. The number of morpholine rings is 1. The second-order valence-corrected chi connectivity index (χ2v) is 7.78. The van der Waals surface area contributed by atoms with E-state index >= 15 is 0 Å². The Morgan fingerprint density at radius 1 is 1.12 bits per heavy atom. The molecule has 1 aromatic carbocycles. The zero-order chi connectivity index (χ0) is 24.5. The first kappa shape index (κ1) is 25.9. The minimum Gasteiger partial charge on any atom is -0.378 e. The Kier molecular flexibility index (Phi) is 9.46. The Balaban J connectivity index is 0.000000293. The highest BCUT2D eigenvalue weighted by Gasteiger charge is 2.14. The van der Waals surface area contributed by atoms with Crippen LogP contribution in [-0.2, 0) is 9.53 Å². The van der Waals surface area contributed by atoms with E-state index in [-0.39, 0.29) is 11.8 Å². The van der Waals surface area contributed by atoms with Crippen molar-refractivity contribution in [3.63, 3.8) is 0 Å². The Bertz CT molecular complexity index is 1150. The van der Waals surface area contributed by atoms with Crippen molar-refractivity contribution in [1.82, 2.24) is 19.6 Å². The highest BCUT2D eigenvalue weighted by Crippen LogP contribution is 2.28. The molecule has 3 heterocycles. The molecule has 0 aliphatic carbocycles. The minimum absolute atomic E-state index is 0.0897. The van der Waals surface area contributed by atoms with Gasteiger partial charge < -0.3 is 19.4 Å². The monoisotopic (exact) mass is 468 g/mol. The summed E-state index contributed by atoms with van der Waals surface area (Å²) in [7, 11) is 1.63. The summed E-state index contributed by atoms with van der Waals surface area (Å²) in [5.41, 5.74) is 5.44. The summed E-state index contributed by atoms with van der Waals surface area (Å²) in [6.45, 7) is 8.50. The van der Waals surface area contributed by atoms with Crippen molar-refractivity contribution < 1.29 is 14.3 Å². The first-order valence-electron chi connectivity index (χ1n) is 10.5. The van der Waals surface area contributed by atoms with Gasteiger partial charge in [0.15, 0.2) is 0 Å². The van der Waals surface area contributed by atoms with Gasteiger partial charge in [-0.05, 0) is 37.6 Å². The van der Waals surface area contributed by atoms with Gasteiger partial charge in [0.05, 0.1) is 18.9 Å². The average molecular weight is 469 g/mol. The van der Waals surface area contributed by atoms with Crippen LogP contribution in [-0.4, -0.2) is 59.4 Å². The van der Waals surface area contributed by atoms with Gasteiger partial charge in [0.25, 0.3) is 5.91 Å². The van der Waals surface area contributed by atoms with Crippen LogP contribution in [0.5, 0.6) is 0 Å². The molecule has 7 nitrogen and oxygen atoms in total. The zero-order valence-electron chi connectivity index (χ0n) is 19.4. The second-order valence-electron chi connectivity index (χ2n) is 7.35. The molecule has 0 atom stereocenters. The number of nitrogens with zero attached hydrogens (tertiary/aromatic N) is 3. The van der Waals surface area contributed by atoms with Crippen LogP contribution in [0.25, 0.3) is 16.9 Å². The van der Waals surface area contributed by atoms with Crippen molar-refractivity contribution >= 4 is 29.1 Å². The van der Waals surface area contributed by atoms with Gasteiger partial charge in [-0.25, -0.2) is 4.98 Å². The summed E-state index contributed by atoms with van der Waals surface area (Å²) >= 11 is 6.03. The van der Waals surface area contributed by atoms with Crippen molar-refractivity contribution in [3.8, 4) is 24.1 Å². The van der Waals surface area contributed by atoms with Crippen molar-refractivity contribution in [2.24, 2.45) is 0 Å². The number of halogens is 1. The van der Waals surface area contributed by atoms with E-state index in [9.17, 15) is 9.59 Å². The number of carbonyl (C=O) groups excluding carboxylic acids is 2. The first-order chi connectivity index (χ1) is 15.8. The van der Waals surface area contributed by atoms with Gasteiger partial charge in [-0.2, -0.15) is 0 Å². The van der Waals surface area contributed by atoms with Crippen molar-refractivity contribution in [1.29, 1.82) is 0 Å². The number of pyridine rings is 1. The number of imidazole rings is 1. The summed E-state index contributed by atoms with van der Waals surface area (Å²) in [4.78, 5) is 28.9. The molecule has 0 bridgehead atoms. The third kappa shape index (κ3) is 6.35. The highest BCUT2D eigenvalue weighted by molar-refractivity contribution is 6.30. The summed E-state index contributed by atoms with van der Waals surface area (Å²) in [6, 6.07) is 9.32. The van der Waals surface area contributed by atoms with Crippen LogP contribution in [0.2, 0.25) is 5.02 Å². The van der Waals surface area contributed by atoms with E-state index in [4.69, 9.17) is 16.3 Å². The Hall–Kier alpha value is -3.34. The summed E-state index contributed by atoms with van der Waals surface area (Å²) in [5, 5.41) is 3.30. The second kappa shape index (κ2) is 12.0. The predicted molar refractivity (Wildman–Crippen MR) is 131 cm³/mol. The SMILES string of the molecule is C#C.CC(=O)N1CCOCC1.CNC(=O)c1ccc(-c2nc3cc(Cl)ccn3c2C)c(C)c1. The van der Waals surface area contributed by atoms with Gasteiger partial charge in [-0.15, -0.1) is 12.8 Å². The quantitative estimate of drug-likeness (QED) is 0.581. The van der Waals surface area contributed by atoms with Crippen LogP contribution in [0.15, 0.2) is 36.5 Å². The fourth-order valence-electron chi connectivity index (χ4n) is 3.49. The molecule has 33 heavy (non-hydrogen) atoms. The Morgan fingerprint density at radius 2 is 1.79 bits per heavy atom. The number of rotatable bonds is 2. The van der Waals surface area contributed by atoms with Gasteiger partial charge in [-0.1, -0.05) is 17.7 Å². The molecular weight excluding hydrogens is 440 g/mol. The number of fused-ring (bicyclic) bond motifs is 1. The van der Waals surface area contributed by atoms with Crippen LogP contribution in [0, 0.1) is 26.7 Å².